The van der Waals surface area contributed by atoms with Gasteiger partial charge in [0.15, 0.2) is 11.6 Å². The molecule has 0 bridgehead atoms. The Balaban J connectivity index is 1.67. The van der Waals surface area contributed by atoms with Crippen molar-refractivity contribution in [3.63, 3.8) is 0 Å². The second-order valence-corrected chi connectivity index (χ2v) is 7.08. The molecule has 1 aliphatic rings. The molecule has 0 fully saturated rings. The molecule has 4 rings (SSSR count). The van der Waals surface area contributed by atoms with Gasteiger partial charge in [0.1, 0.15) is 11.5 Å². The topological polar surface area (TPSA) is 63.9 Å². The Morgan fingerprint density at radius 3 is 2.85 bits per heavy atom. The number of pyridine rings is 1. The van der Waals surface area contributed by atoms with E-state index in [9.17, 15) is 9.18 Å². The lowest BCUT2D eigenvalue weighted by Gasteiger charge is -2.34. The maximum Gasteiger partial charge on any atom is 0.256 e. The summed E-state index contributed by atoms with van der Waals surface area (Å²) in [5.41, 5.74) is 0.745. The molecule has 0 unspecified atom stereocenters. The first-order valence-corrected chi connectivity index (χ1v) is 9.00. The van der Waals surface area contributed by atoms with Gasteiger partial charge in [-0.3, -0.25) is 9.78 Å². The van der Waals surface area contributed by atoms with Crippen molar-refractivity contribution in [1.82, 2.24) is 24.6 Å². The summed E-state index contributed by atoms with van der Waals surface area (Å²) in [6.07, 6.45) is 1.38. The summed E-state index contributed by atoms with van der Waals surface area (Å²) >= 11 is 12.2. The average molecular weight is 406 g/mol. The molecular formula is C18H14Cl2FN5O. The van der Waals surface area contributed by atoms with Crippen molar-refractivity contribution in [2.45, 2.75) is 26.1 Å². The van der Waals surface area contributed by atoms with E-state index in [1.807, 2.05) is 11.5 Å². The third-order valence-corrected chi connectivity index (χ3v) is 5.33. The van der Waals surface area contributed by atoms with Crippen molar-refractivity contribution in [3.05, 3.63) is 63.8 Å². The van der Waals surface area contributed by atoms with Crippen molar-refractivity contribution >= 4 is 29.1 Å². The number of hydrogen-bond donors (Lipinski definition) is 0. The highest BCUT2D eigenvalue weighted by molar-refractivity contribution is 6.43. The van der Waals surface area contributed by atoms with Crippen LogP contribution in [0, 0.1) is 5.82 Å². The lowest BCUT2D eigenvalue weighted by atomic mass is 10.1. The molecule has 27 heavy (non-hydrogen) atoms. The average Bonchev–Trinajstić information content (AvgIpc) is 3.05. The van der Waals surface area contributed by atoms with Crippen molar-refractivity contribution in [1.29, 1.82) is 0 Å². The van der Waals surface area contributed by atoms with Gasteiger partial charge in [0.05, 0.1) is 22.2 Å². The minimum atomic E-state index is -0.395. The van der Waals surface area contributed by atoms with Crippen LogP contribution in [0.25, 0.3) is 11.5 Å². The van der Waals surface area contributed by atoms with E-state index in [2.05, 4.69) is 15.2 Å². The minimum Gasteiger partial charge on any atom is -0.327 e. The van der Waals surface area contributed by atoms with Gasteiger partial charge in [-0.25, -0.2) is 4.39 Å². The van der Waals surface area contributed by atoms with E-state index in [1.165, 1.54) is 18.3 Å². The first kappa shape index (κ1) is 17.9. The summed E-state index contributed by atoms with van der Waals surface area (Å²) in [6, 6.07) is 7.40. The fraction of sp³-hybridized carbons (Fsp3) is 0.222. The van der Waals surface area contributed by atoms with Crippen molar-refractivity contribution in [2.75, 3.05) is 0 Å². The van der Waals surface area contributed by atoms with Crippen molar-refractivity contribution in [3.8, 4) is 11.5 Å². The van der Waals surface area contributed by atoms with E-state index in [4.69, 9.17) is 23.2 Å². The molecule has 1 amide bonds. The van der Waals surface area contributed by atoms with Gasteiger partial charge >= 0.3 is 0 Å². The highest BCUT2D eigenvalue weighted by Crippen LogP contribution is 2.29. The zero-order valence-electron chi connectivity index (χ0n) is 14.2. The fourth-order valence-corrected chi connectivity index (χ4v) is 3.51. The van der Waals surface area contributed by atoms with Gasteiger partial charge in [0, 0.05) is 24.8 Å². The Bertz CT molecular complexity index is 1040. The molecule has 6 nitrogen and oxygen atoms in total. The molecule has 0 N–H and O–H groups in total. The van der Waals surface area contributed by atoms with Crippen LogP contribution in [-0.4, -0.2) is 36.6 Å². The zero-order chi connectivity index (χ0) is 19.1. The van der Waals surface area contributed by atoms with Gasteiger partial charge in [-0.1, -0.05) is 29.3 Å². The van der Waals surface area contributed by atoms with E-state index in [1.54, 1.807) is 23.1 Å². The molecule has 1 aliphatic heterocycles. The number of nitrogens with zero attached hydrogens (tertiary/aromatic N) is 5. The Morgan fingerprint density at radius 1 is 1.26 bits per heavy atom. The van der Waals surface area contributed by atoms with Gasteiger partial charge in [0.2, 0.25) is 0 Å². The van der Waals surface area contributed by atoms with Gasteiger partial charge in [-0.05, 0) is 25.1 Å². The van der Waals surface area contributed by atoms with Crippen LogP contribution in [0.4, 0.5) is 4.39 Å². The van der Waals surface area contributed by atoms with Crippen LogP contribution in [0.2, 0.25) is 10.0 Å². The van der Waals surface area contributed by atoms with Crippen LogP contribution < -0.4 is 0 Å². The number of aromatic nitrogens is 4. The number of carbonyl (C=O) groups is 1. The SMILES string of the molecule is C[C@H]1Cn2c(nnc2-c2cc(F)ccn2)CN1C(=O)c1cccc(Cl)c1Cl. The van der Waals surface area contributed by atoms with Crippen LogP contribution in [0.5, 0.6) is 0 Å². The smallest absolute Gasteiger partial charge is 0.256 e. The zero-order valence-corrected chi connectivity index (χ0v) is 15.7. The van der Waals surface area contributed by atoms with E-state index < -0.39 is 5.82 Å². The predicted octanol–water partition coefficient (Wildman–Crippen LogP) is 3.83. The summed E-state index contributed by atoms with van der Waals surface area (Å²) in [6.45, 7) is 2.63. The second-order valence-electron chi connectivity index (χ2n) is 6.29. The summed E-state index contributed by atoms with van der Waals surface area (Å²) < 4.78 is 15.4. The standard InChI is InChI=1S/C18H14Cl2FN5O/c1-10-8-26-15(23-24-17(26)14-7-11(21)5-6-22-14)9-25(10)18(27)12-3-2-4-13(19)16(12)20/h2-7,10H,8-9H2,1H3/t10-/m0/s1. The first-order valence-electron chi connectivity index (χ1n) is 8.24. The largest absolute Gasteiger partial charge is 0.327 e. The summed E-state index contributed by atoms with van der Waals surface area (Å²) in [5.74, 6) is 0.452. The number of fused-ring (bicyclic) bond motifs is 1. The number of rotatable bonds is 2. The molecule has 0 saturated heterocycles. The summed E-state index contributed by atoms with van der Waals surface area (Å²) in [4.78, 5) is 18.8. The molecule has 0 aliphatic carbocycles. The van der Waals surface area contributed by atoms with Gasteiger partial charge in [-0.15, -0.1) is 10.2 Å². The fourth-order valence-electron chi connectivity index (χ4n) is 3.13. The predicted molar refractivity (Wildman–Crippen MR) is 99.0 cm³/mol. The minimum absolute atomic E-state index is 0.150. The van der Waals surface area contributed by atoms with Crippen LogP contribution >= 0.6 is 23.2 Å². The Labute approximate surface area is 164 Å². The summed E-state index contributed by atoms with van der Waals surface area (Å²) in [7, 11) is 0. The maximum absolute atomic E-state index is 13.5. The molecule has 0 spiro atoms. The number of hydrogen-bond acceptors (Lipinski definition) is 4. The molecule has 0 radical (unpaired) electrons. The van der Waals surface area contributed by atoms with E-state index in [0.29, 0.717) is 34.5 Å². The second kappa shape index (κ2) is 6.90. The lowest BCUT2D eigenvalue weighted by molar-refractivity contribution is 0.0612. The van der Waals surface area contributed by atoms with Gasteiger partial charge in [-0.2, -0.15) is 0 Å². The molecule has 0 saturated carbocycles. The maximum atomic E-state index is 13.5. The van der Waals surface area contributed by atoms with Gasteiger partial charge < -0.3 is 9.47 Å². The number of carbonyl (C=O) groups excluding carboxylic acids is 1. The van der Waals surface area contributed by atoms with E-state index in [0.717, 1.165) is 0 Å². The van der Waals surface area contributed by atoms with Crippen LogP contribution in [0.15, 0.2) is 36.5 Å². The molecule has 1 aromatic carbocycles. The van der Waals surface area contributed by atoms with E-state index >= 15 is 0 Å². The van der Waals surface area contributed by atoms with Crippen molar-refractivity contribution < 1.29 is 9.18 Å². The number of amides is 1. The normalized spacial score (nSPS) is 16.3. The van der Waals surface area contributed by atoms with Crippen LogP contribution in [0.1, 0.15) is 23.1 Å². The molecule has 3 heterocycles. The monoisotopic (exact) mass is 405 g/mol. The quantitative estimate of drug-likeness (QED) is 0.649. The van der Waals surface area contributed by atoms with Crippen LogP contribution in [0.3, 0.4) is 0 Å². The third-order valence-electron chi connectivity index (χ3n) is 4.51. The number of halogens is 3. The molecule has 138 valence electrons. The van der Waals surface area contributed by atoms with Crippen LogP contribution in [-0.2, 0) is 13.1 Å². The molecule has 2 aromatic heterocycles. The molecule has 3 aromatic rings. The molecule has 1 atom stereocenters. The third kappa shape index (κ3) is 3.17. The Hall–Kier alpha value is -2.51. The number of benzene rings is 1. The highest BCUT2D eigenvalue weighted by atomic mass is 35.5. The highest BCUT2D eigenvalue weighted by Gasteiger charge is 2.32. The molecule has 9 heteroatoms. The Kier molecular flexibility index (Phi) is 4.57. The first-order chi connectivity index (χ1) is 13.0. The summed E-state index contributed by atoms with van der Waals surface area (Å²) in [5, 5.41) is 8.86. The van der Waals surface area contributed by atoms with Crippen molar-refractivity contribution in [2.24, 2.45) is 0 Å². The van der Waals surface area contributed by atoms with Gasteiger partial charge in [0.25, 0.3) is 5.91 Å². The van der Waals surface area contributed by atoms with E-state index in [-0.39, 0.29) is 23.5 Å². The Morgan fingerprint density at radius 2 is 2.07 bits per heavy atom. The molecular weight excluding hydrogens is 392 g/mol. The lowest BCUT2D eigenvalue weighted by Crippen LogP contribution is -2.45.